The van der Waals surface area contributed by atoms with Crippen LogP contribution in [-0.4, -0.2) is 49.8 Å². The number of hydrogen-bond donors (Lipinski definition) is 1. The minimum atomic E-state index is -1.92. The van der Waals surface area contributed by atoms with E-state index in [9.17, 15) is 14.4 Å². The lowest BCUT2D eigenvalue weighted by Crippen LogP contribution is -2.68. The van der Waals surface area contributed by atoms with Gasteiger partial charge in [0.1, 0.15) is 5.60 Å². The molecule has 100 valence electrons. The molecule has 7 heteroatoms. The van der Waals surface area contributed by atoms with Crippen molar-refractivity contribution in [3.63, 3.8) is 0 Å². The fourth-order valence-corrected chi connectivity index (χ4v) is 2.81. The molecule has 0 saturated carbocycles. The van der Waals surface area contributed by atoms with E-state index in [1.807, 2.05) is 0 Å². The predicted octanol–water partition coefficient (Wildman–Crippen LogP) is -1.00. The molecule has 0 aliphatic carbocycles. The van der Waals surface area contributed by atoms with Gasteiger partial charge in [0.25, 0.3) is 5.54 Å². The van der Waals surface area contributed by atoms with Gasteiger partial charge in [-0.1, -0.05) is 0 Å². The van der Waals surface area contributed by atoms with Crippen LogP contribution < -0.4 is 5.32 Å². The van der Waals surface area contributed by atoms with Gasteiger partial charge in [-0.2, -0.15) is 0 Å². The van der Waals surface area contributed by atoms with Gasteiger partial charge in [-0.3, -0.25) is 4.79 Å². The van der Waals surface area contributed by atoms with E-state index in [0.717, 1.165) is 14.2 Å². The highest BCUT2D eigenvalue weighted by Gasteiger charge is 2.74. The number of ether oxygens (including phenoxy) is 3. The molecule has 0 aromatic carbocycles. The van der Waals surface area contributed by atoms with Crippen molar-refractivity contribution in [2.24, 2.45) is 5.92 Å². The Bertz CT molecular complexity index is 404. The van der Waals surface area contributed by atoms with Crippen molar-refractivity contribution in [2.75, 3.05) is 20.8 Å². The SMILES string of the molecule is COC(=O)C1(C(=O)OC)NC(=O)[C@@H]2CCO[C@@]21C. The molecule has 18 heavy (non-hydrogen) atoms. The van der Waals surface area contributed by atoms with E-state index in [0.29, 0.717) is 13.0 Å². The molecule has 0 aromatic heterocycles. The van der Waals surface area contributed by atoms with E-state index < -0.39 is 34.9 Å². The van der Waals surface area contributed by atoms with E-state index in [1.54, 1.807) is 6.92 Å². The highest BCUT2D eigenvalue weighted by molar-refractivity contribution is 6.12. The zero-order valence-corrected chi connectivity index (χ0v) is 10.4. The number of esters is 2. The Morgan fingerprint density at radius 2 is 1.89 bits per heavy atom. The summed E-state index contributed by atoms with van der Waals surface area (Å²) in [7, 11) is 2.29. The van der Waals surface area contributed by atoms with Crippen LogP contribution in [0.25, 0.3) is 0 Å². The second kappa shape index (κ2) is 3.94. The van der Waals surface area contributed by atoms with Crippen LogP contribution in [0.2, 0.25) is 0 Å². The molecule has 2 aliphatic heterocycles. The lowest BCUT2D eigenvalue weighted by Gasteiger charge is -2.36. The van der Waals surface area contributed by atoms with Gasteiger partial charge in [0, 0.05) is 6.61 Å². The Balaban J connectivity index is 2.57. The summed E-state index contributed by atoms with van der Waals surface area (Å²) < 4.78 is 14.8. The molecule has 0 radical (unpaired) electrons. The van der Waals surface area contributed by atoms with Crippen LogP contribution in [0.1, 0.15) is 13.3 Å². The standard InChI is InChI=1S/C11H15NO6/c1-10-6(4-5-18-10)7(13)12-11(10,8(14)16-2)9(15)17-3/h6H,4-5H2,1-3H3,(H,12,13)/t6-,10-/m0/s1. The minimum Gasteiger partial charge on any atom is -0.467 e. The fraction of sp³-hybridized carbons (Fsp3) is 0.727. The van der Waals surface area contributed by atoms with Crippen LogP contribution in [0.4, 0.5) is 0 Å². The van der Waals surface area contributed by atoms with Crippen LogP contribution in [0, 0.1) is 5.92 Å². The normalized spacial score (nSPS) is 32.6. The zero-order chi connectivity index (χ0) is 13.6. The van der Waals surface area contributed by atoms with E-state index in [2.05, 4.69) is 14.8 Å². The van der Waals surface area contributed by atoms with Gasteiger partial charge < -0.3 is 19.5 Å². The fourth-order valence-electron chi connectivity index (χ4n) is 2.81. The van der Waals surface area contributed by atoms with E-state index >= 15 is 0 Å². The second-order valence-corrected chi connectivity index (χ2v) is 4.52. The summed E-state index contributed by atoms with van der Waals surface area (Å²) >= 11 is 0. The minimum absolute atomic E-state index is 0.310. The molecule has 0 unspecified atom stereocenters. The molecule has 0 bridgehead atoms. The maximum Gasteiger partial charge on any atom is 0.346 e. The number of amides is 1. The van der Waals surface area contributed by atoms with E-state index in [4.69, 9.17) is 4.74 Å². The smallest absolute Gasteiger partial charge is 0.346 e. The average Bonchev–Trinajstić information content (AvgIpc) is 2.84. The molecule has 1 amide bonds. The largest absolute Gasteiger partial charge is 0.467 e. The van der Waals surface area contributed by atoms with Gasteiger partial charge in [-0.25, -0.2) is 9.59 Å². The van der Waals surface area contributed by atoms with Crippen LogP contribution in [0.5, 0.6) is 0 Å². The first kappa shape index (κ1) is 12.8. The van der Waals surface area contributed by atoms with Crippen LogP contribution >= 0.6 is 0 Å². The highest BCUT2D eigenvalue weighted by Crippen LogP contribution is 2.46. The maximum atomic E-state index is 12.0. The third kappa shape index (κ3) is 1.25. The summed E-state index contributed by atoms with van der Waals surface area (Å²) in [5.74, 6) is -2.72. The van der Waals surface area contributed by atoms with Gasteiger partial charge in [0.05, 0.1) is 20.1 Å². The number of methoxy groups -OCH3 is 2. The summed E-state index contributed by atoms with van der Waals surface area (Å²) in [5.41, 5.74) is -3.20. The first-order chi connectivity index (χ1) is 8.44. The molecule has 2 saturated heterocycles. The molecule has 0 aromatic rings. The number of carbonyl (C=O) groups is 3. The first-order valence-electron chi connectivity index (χ1n) is 5.57. The third-order valence-corrected chi connectivity index (χ3v) is 3.83. The first-order valence-corrected chi connectivity index (χ1v) is 5.57. The molecule has 2 rings (SSSR count). The van der Waals surface area contributed by atoms with Crippen molar-refractivity contribution in [3.8, 4) is 0 Å². The topological polar surface area (TPSA) is 90.9 Å². The van der Waals surface area contributed by atoms with Crippen LogP contribution in [0.15, 0.2) is 0 Å². The summed E-state index contributed by atoms with van der Waals surface area (Å²) in [6, 6.07) is 0. The Labute approximate surface area is 104 Å². The molecule has 2 atom stereocenters. The quantitative estimate of drug-likeness (QED) is 0.504. The van der Waals surface area contributed by atoms with Gasteiger partial charge in [-0.15, -0.1) is 0 Å². The average molecular weight is 257 g/mol. The number of hydrogen-bond acceptors (Lipinski definition) is 6. The van der Waals surface area contributed by atoms with Crippen LogP contribution in [0.3, 0.4) is 0 Å². The van der Waals surface area contributed by atoms with Crippen molar-refractivity contribution < 1.29 is 28.6 Å². The van der Waals surface area contributed by atoms with Gasteiger partial charge in [0.15, 0.2) is 0 Å². The lowest BCUT2D eigenvalue weighted by atomic mass is 9.77. The third-order valence-electron chi connectivity index (χ3n) is 3.83. The predicted molar refractivity (Wildman–Crippen MR) is 57.4 cm³/mol. The lowest BCUT2D eigenvalue weighted by molar-refractivity contribution is -0.177. The van der Waals surface area contributed by atoms with E-state index in [-0.39, 0.29) is 0 Å². The molecular formula is C11H15NO6. The Hall–Kier alpha value is -1.63. The van der Waals surface area contributed by atoms with Gasteiger partial charge in [-0.05, 0) is 13.3 Å². The van der Waals surface area contributed by atoms with E-state index in [1.165, 1.54) is 0 Å². The van der Waals surface area contributed by atoms with Crippen molar-refractivity contribution in [2.45, 2.75) is 24.5 Å². The summed E-state index contributed by atoms with van der Waals surface area (Å²) in [6.45, 7) is 1.86. The molecule has 0 spiro atoms. The number of carbonyl (C=O) groups excluding carboxylic acids is 3. The van der Waals surface area contributed by atoms with Gasteiger partial charge in [0.2, 0.25) is 5.91 Å². The molecule has 2 heterocycles. The van der Waals surface area contributed by atoms with Crippen molar-refractivity contribution in [1.82, 2.24) is 5.32 Å². The monoisotopic (exact) mass is 257 g/mol. The number of nitrogens with one attached hydrogen (secondary N) is 1. The molecule has 7 nitrogen and oxygen atoms in total. The number of rotatable bonds is 2. The van der Waals surface area contributed by atoms with Crippen molar-refractivity contribution in [1.29, 1.82) is 0 Å². The Morgan fingerprint density at radius 1 is 1.33 bits per heavy atom. The Morgan fingerprint density at radius 3 is 2.39 bits per heavy atom. The molecule has 2 aliphatic rings. The molecular weight excluding hydrogens is 242 g/mol. The van der Waals surface area contributed by atoms with Gasteiger partial charge >= 0.3 is 11.9 Å². The maximum absolute atomic E-state index is 12.0. The molecule has 1 N–H and O–H groups in total. The Kier molecular flexibility index (Phi) is 2.81. The van der Waals surface area contributed by atoms with Crippen LogP contribution in [-0.2, 0) is 28.6 Å². The highest BCUT2D eigenvalue weighted by atomic mass is 16.6. The zero-order valence-electron chi connectivity index (χ0n) is 10.4. The summed E-state index contributed by atoms with van der Waals surface area (Å²) in [4.78, 5) is 35.9. The van der Waals surface area contributed by atoms with Crippen molar-refractivity contribution >= 4 is 17.8 Å². The molecule has 2 fully saturated rings. The second-order valence-electron chi connectivity index (χ2n) is 4.52. The summed E-state index contributed by atoms with van der Waals surface area (Å²) in [5, 5.41) is 2.40. The summed E-state index contributed by atoms with van der Waals surface area (Å²) in [6.07, 6.45) is 0.456. The number of fused-ring (bicyclic) bond motifs is 1. The van der Waals surface area contributed by atoms with Crippen molar-refractivity contribution in [3.05, 3.63) is 0 Å².